The van der Waals surface area contributed by atoms with E-state index in [1.54, 1.807) is 39.8 Å². The SMILES string of the molecule is CCN1CCC(n2cc(-c3cnc4cnn(S(=O)(=O)c5cnc6ccc(-c7cnn(C)c7)cn56)c4c3)cn2)CC1. The molecule has 1 aliphatic heterocycles. The average molecular weight is 557 g/mol. The Morgan fingerprint density at radius 2 is 1.65 bits per heavy atom. The molecule has 6 aromatic rings. The molecule has 6 aromatic heterocycles. The highest BCUT2D eigenvalue weighted by Crippen LogP contribution is 2.29. The van der Waals surface area contributed by atoms with Crippen LogP contribution < -0.4 is 0 Å². The van der Waals surface area contributed by atoms with Crippen molar-refractivity contribution in [3.63, 3.8) is 0 Å². The molecule has 0 N–H and O–H groups in total. The predicted molar refractivity (Wildman–Crippen MR) is 149 cm³/mol. The van der Waals surface area contributed by atoms with Crippen molar-refractivity contribution in [2.75, 3.05) is 19.6 Å². The Hall–Kier alpha value is -4.36. The van der Waals surface area contributed by atoms with Crippen molar-refractivity contribution in [3.8, 4) is 22.3 Å². The van der Waals surface area contributed by atoms with Gasteiger partial charge >= 0.3 is 10.0 Å². The summed E-state index contributed by atoms with van der Waals surface area (Å²) in [5.74, 6) is 0. The van der Waals surface area contributed by atoms with E-state index in [9.17, 15) is 8.42 Å². The number of piperidine rings is 1. The van der Waals surface area contributed by atoms with Crippen LogP contribution in [0, 0.1) is 0 Å². The molecule has 7 heterocycles. The minimum Gasteiger partial charge on any atom is -0.303 e. The molecule has 0 radical (unpaired) electrons. The lowest BCUT2D eigenvalue weighted by molar-refractivity contribution is 0.187. The zero-order valence-corrected chi connectivity index (χ0v) is 23.0. The molecule has 0 aliphatic carbocycles. The summed E-state index contributed by atoms with van der Waals surface area (Å²) >= 11 is 0. The van der Waals surface area contributed by atoms with Crippen molar-refractivity contribution < 1.29 is 8.42 Å². The maximum absolute atomic E-state index is 13.9. The van der Waals surface area contributed by atoms with E-state index in [4.69, 9.17) is 0 Å². The summed E-state index contributed by atoms with van der Waals surface area (Å²) in [6, 6.07) is 5.83. The third-order valence-electron chi connectivity index (χ3n) is 7.70. The lowest BCUT2D eigenvalue weighted by atomic mass is 10.1. The van der Waals surface area contributed by atoms with Crippen LogP contribution in [0.3, 0.4) is 0 Å². The van der Waals surface area contributed by atoms with Gasteiger partial charge in [0.1, 0.15) is 16.7 Å². The van der Waals surface area contributed by atoms with E-state index in [0.29, 0.717) is 22.7 Å². The van der Waals surface area contributed by atoms with Crippen LogP contribution in [-0.2, 0) is 17.1 Å². The van der Waals surface area contributed by atoms with Crippen molar-refractivity contribution >= 4 is 26.7 Å². The number of hydrogen-bond acceptors (Lipinski definition) is 8. The fourth-order valence-corrected chi connectivity index (χ4v) is 6.74. The first-order valence-electron chi connectivity index (χ1n) is 13.2. The molecule has 0 atom stereocenters. The van der Waals surface area contributed by atoms with Gasteiger partial charge in [-0.3, -0.25) is 18.7 Å². The smallest absolute Gasteiger partial charge is 0.301 e. The number of pyridine rings is 2. The largest absolute Gasteiger partial charge is 0.303 e. The van der Waals surface area contributed by atoms with Gasteiger partial charge in [0.2, 0.25) is 0 Å². The van der Waals surface area contributed by atoms with E-state index >= 15 is 0 Å². The second kappa shape index (κ2) is 9.38. The Labute approximate surface area is 230 Å². The zero-order chi connectivity index (χ0) is 27.4. The van der Waals surface area contributed by atoms with Crippen molar-refractivity contribution in [2.45, 2.75) is 30.8 Å². The van der Waals surface area contributed by atoms with Gasteiger partial charge in [-0.2, -0.15) is 27.8 Å². The summed E-state index contributed by atoms with van der Waals surface area (Å²) in [5.41, 5.74) is 4.74. The van der Waals surface area contributed by atoms with Gasteiger partial charge in [0.05, 0.1) is 30.8 Å². The topological polar surface area (TPSA) is 121 Å². The summed E-state index contributed by atoms with van der Waals surface area (Å²) in [4.78, 5) is 11.3. The van der Waals surface area contributed by atoms with Crippen LogP contribution in [0.5, 0.6) is 0 Å². The molecule has 1 aliphatic rings. The van der Waals surface area contributed by atoms with Gasteiger partial charge in [-0.1, -0.05) is 6.92 Å². The van der Waals surface area contributed by atoms with Crippen LogP contribution in [0.4, 0.5) is 0 Å². The number of hydrogen-bond donors (Lipinski definition) is 0. The molecule has 1 fully saturated rings. The number of rotatable bonds is 6. The third kappa shape index (κ3) is 4.09. The van der Waals surface area contributed by atoms with Gasteiger partial charge in [0.25, 0.3) is 0 Å². The average Bonchev–Trinajstić information content (AvgIpc) is 3.78. The first-order chi connectivity index (χ1) is 19.4. The van der Waals surface area contributed by atoms with Gasteiger partial charge in [0, 0.05) is 67.2 Å². The van der Waals surface area contributed by atoms with Gasteiger partial charge in [-0.15, -0.1) is 0 Å². The van der Waals surface area contributed by atoms with Gasteiger partial charge in [-0.05, 0) is 37.6 Å². The number of likely N-dealkylation sites (tertiary alicyclic amines) is 1. The molecule has 7 rings (SSSR count). The van der Waals surface area contributed by atoms with E-state index < -0.39 is 10.0 Å². The molecule has 0 spiro atoms. The Kier molecular flexibility index (Phi) is 5.78. The van der Waals surface area contributed by atoms with Crippen LogP contribution in [0.15, 0.2) is 72.8 Å². The minimum atomic E-state index is -4.10. The summed E-state index contributed by atoms with van der Waals surface area (Å²) in [7, 11) is -2.26. The molecule has 1 saturated heterocycles. The van der Waals surface area contributed by atoms with E-state index in [2.05, 4.69) is 37.1 Å². The molecule has 0 aromatic carbocycles. The minimum absolute atomic E-state index is 0.00915. The number of aromatic nitrogens is 9. The molecule has 0 saturated carbocycles. The Bertz CT molecular complexity index is 1960. The first kappa shape index (κ1) is 24.7. The van der Waals surface area contributed by atoms with E-state index in [1.807, 2.05) is 36.4 Å². The van der Waals surface area contributed by atoms with Gasteiger partial charge < -0.3 is 4.90 Å². The normalized spacial score (nSPS) is 15.4. The molecule has 13 heteroatoms. The van der Waals surface area contributed by atoms with Crippen molar-refractivity contribution in [2.24, 2.45) is 7.05 Å². The molecule has 0 amide bonds. The standard InChI is InChI=1S/C27H28N10O2S/c1-3-34-8-6-23(7-9-34)36-18-22(13-31-36)20-10-25-24(28-11-20)14-32-37(25)40(38,39)27-15-29-26-5-4-19(17-35(26)27)21-12-30-33(2)16-21/h4-5,10-18,23H,3,6-9H2,1-2H3. The number of fused-ring (bicyclic) bond motifs is 2. The summed E-state index contributed by atoms with van der Waals surface area (Å²) in [6.07, 6.45) is 15.9. The summed E-state index contributed by atoms with van der Waals surface area (Å²) < 4.78 is 34.2. The van der Waals surface area contributed by atoms with Crippen molar-refractivity contribution in [1.29, 1.82) is 0 Å². The number of nitrogens with zero attached hydrogens (tertiary/aromatic N) is 10. The Morgan fingerprint density at radius 1 is 0.850 bits per heavy atom. The van der Waals surface area contributed by atoms with Crippen LogP contribution >= 0.6 is 0 Å². The second-order valence-corrected chi connectivity index (χ2v) is 11.9. The van der Waals surface area contributed by atoms with Crippen LogP contribution in [0.1, 0.15) is 25.8 Å². The number of imidazole rings is 1. The molecular weight excluding hydrogens is 528 g/mol. The monoisotopic (exact) mass is 556 g/mol. The van der Waals surface area contributed by atoms with Gasteiger partial charge in [-0.25, -0.2) is 4.98 Å². The maximum atomic E-state index is 13.9. The van der Waals surface area contributed by atoms with Crippen molar-refractivity contribution in [1.82, 2.24) is 48.0 Å². The molecular formula is C27H28N10O2S. The highest BCUT2D eigenvalue weighted by molar-refractivity contribution is 7.90. The fraction of sp³-hybridized carbons (Fsp3) is 0.296. The third-order valence-corrected chi connectivity index (χ3v) is 9.28. The highest BCUT2D eigenvalue weighted by Gasteiger charge is 2.26. The summed E-state index contributed by atoms with van der Waals surface area (Å²) in [5, 5.41) is 13.1. The van der Waals surface area contributed by atoms with Crippen molar-refractivity contribution in [3.05, 3.63) is 67.8 Å². The van der Waals surface area contributed by atoms with E-state index in [0.717, 1.165) is 58.8 Å². The number of aryl methyl sites for hydroxylation is 1. The molecule has 0 unspecified atom stereocenters. The maximum Gasteiger partial charge on any atom is 0.301 e. The molecule has 204 valence electrons. The van der Waals surface area contributed by atoms with Crippen LogP contribution in [0.2, 0.25) is 0 Å². The molecule has 12 nitrogen and oxygen atoms in total. The quantitative estimate of drug-likeness (QED) is 0.307. The molecule has 40 heavy (non-hydrogen) atoms. The fourth-order valence-electron chi connectivity index (χ4n) is 5.40. The second-order valence-electron chi connectivity index (χ2n) is 10.1. The Balaban J connectivity index is 1.24. The molecule has 0 bridgehead atoms. The van der Waals surface area contributed by atoms with E-state index in [1.165, 1.54) is 12.4 Å². The zero-order valence-electron chi connectivity index (χ0n) is 22.2. The van der Waals surface area contributed by atoms with Crippen LogP contribution in [-0.4, -0.2) is 76.1 Å². The van der Waals surface area contributed by atoms with Gasteiger partial charge in [0.15, 0.2) is 5.03 Å². The summed E-state index contributed by atoms with van der Waals surface area (Å²) in [6.45, 7) is 5.39. The Morgan fingerprint density at radius 3 is 2.42 bits per heavy atom. The lowest BCUT2D eigenvalue weighted by Gasteiger charge is -2.31. The first-order valence-corrected chi connectivity index (χ1v) is 14.7. The predicted octanol–water partition coefficient (Wildman–Crippen LogP) is 3.24. The lowest BCUT2D eigenvalue weighted by Crippen LogP contribution is -2.34. The highest BCUT2D eigenvalue weighted by atomic mass is 32.2. The van der Waals surface area contributed by atoms with E-state index in [-0.39, 0.29) is 5.03 Å². The van der Waals surface area contributed by atoms with Crippen LogP contribution in [0.25, 0.3) is 38.9 Å².